The number of benzene rings is 1. The van der Waals surface area contributed by atoms with Crippen LogP contribution < -0.4 is 0 Å². The van der Waals surface area contributed by atoms with Crippen molar-refractivity contribution in [3.05, 3.63) is 72.9 Å². The molecule has 24 heavy (non-hydrogen) atoms. The minimum Gasteiger partial charge on any atom is -0.103 e. The summed E-state index contributed by atoms with van der Waals surface area (Å²) in [6.45, 7) is 8.45. The Hall–Kier alpha value is -1.56. The average Bonchev–Trinajstić information content (AvgIpc) is 2.63. The molecular formula is C24H36. The largest absolute Gasteiger partial charge is 0.103 e. The second kappa shape index (κ2) is 13.8. The fourth-order valence-corrected chi connectivity index (χ4v) is 3.15. The van der Waals surface area contributed by atoms with Gasteiger partial charge in [0.25, 0.3) is 0 Å². The monoisotopic (exact) mass is 324 g/mol. The first-order valence-electron chi connectivity index (χ1n) is 9.75. The van der Waals surface area contributed by atoms with Crippen molar-refractivity contribution >= 4 is 0 Å². The molecule has 2 unspecified atom stereocenters. The fourth-order valence-electron chi connectivity index (χ4n) is 3.15. The van der Waals surface area contributed by atoms with Crippen LogP contribution in [0.5, 0.6) is 0 Å². The summed E-state index contributed by atoms with van der Waals surface area (Å²) in [6, 6.07) is 10.9. The lowest BCUT2D eigenvalue weighted by atomic mass is 9.84. The highest BCUT2D eigenvalue weighted by Crippen LogP contribution is 2.30. The van der Waals surface area contributed by atoms with Crippen molar-refractivity contribution in [1.29, 1.82) is 0 Å². The molecule has 0 saturated carbocycles. The first-order chi connectivity index (χ1) is 11.8. The second-order valence-corrected chi connectivity index (χ2v) is 6.69. The standard InChI is InChI=1S/C24H36/c1-4-7-9-10-11-12-14-17-22(6-3)21-24(18-8-5-2)23-19-15-13-16-20-23/h5-6,8,11-13,15-16,19-20,22,24H,3-4,7,9-10,14,17-18,21H2,1-2H3/b8-5+,12-11+. The predicted octanol–water partition coefficient (Wildman–Crippen LogP) is 7.85. The topological polar surface area (TPSA) is 0 Å². The fraction of sp³-hybridized carbons (Fsp3) is 0.500. The Balaban J connectivity index is 2.48. The average molecular weight is 325 g/mol. The van der Waals surface area contributed by atoms with Gasteiger partial charge in [0.2, 0.25) is 0 Å². The molecule has 0 bridgehead atoms. The zero-order valence-electron chi connectivity index (χ0n) is 15.8. The van der Waals surface area contributed by atoms with Gasteiger partial charge in [-0.2, -0.15) is 0 Å². The zero-order chi connectivity index (χ0) is 17.5. The van der Waals surface area contributed by atoms with Gasteiger partial charge in [0.1, 0.15) is 0 Å². The number of hydrogen-bond donors (Lipinski definition) is 0. The predicted molar refractivity (Wildman–Crippen MR) is 109 cm³/mol. The van der Waals surface area contributed by atoms with Crippen molar-refractivity contribution in [2.75, 3.05) is 0 Å². The summed E-state index contributed by atoms with van der Waals surface area (Å²) in [5.74, 6) is 1.19. The van der Waals surface area contributed by atoms with Crippen molar-refractivity contribution < 1.29 is 0 Å². The molecule has 1 aromatic rings. The van der Waals surface area contributed by atoms with E-state index in [1.807, 2.05) is 0 Å². The van der Waals surface area contributed by atoms with Gasteiger partial charge in [0.05, 0.1) is 0 Å². The SMILES string of the molecule is C=CC(CC/C=C/CCCCC)CC(C/C=C/C)c1ccccc1. The quantitative estimate of drug-likeness (QED) is 0.256. The highest BCUT2D eigenvalue weighted by atomic mass is 14.2. The molecule has 0 aliphatic rings. The lowest BCUT2D eigenvalue weighted by Crippen LogP contribution is -2.05. The molecule has 0 fully saturated rings. The van der Waals surface area contributed by atoms with E-state index in [4.69, 9.17) is 0 Å². The van der Waals surface area contributed by atoms with Gasteiger partial charge >= 0.3 is 0 Å². The van der Waals surface area contributed by atoms with Gasteiger partial charge in [-0.15, -0.1) is 6.58 Å². The third-order valence-electron chi connectivity index (χ3n) is 4.69. The molecular weight excluding hydrogens is 288 g/mol. The minimum absolute atomic E-state index is 0.596. The zero-order valence-corrected chi connectivity index (χ0v) is 15.8. The van der Waals surface area contributed by atoms with E-state index in [-0.39, 0.29) is 0 Å². The number of unbranched alkanes of at least 4 members (excludes halogenated alkanes) is 3. The van der Waals surface area contributed by atoms with Gasteiger partial charge in [-0.3, -0.25) is 0 Å². The summed E-state index contributed by atoms with van der Waals surface area (Å²) in [4.78, 5) is 0. The molecule has 1 aromatic carbocycles. The molecule has 0 aliphatic heterocycles. The maximum atomic E-state index is 4.09. The number of allylic oxidation sites excluding steroid dienone is 5. The highest BCUT2D eigenvalue weighted by molar-refractivity contribution is 5.20. The van der Waals surface area contributed by atoms with Crippen molar-refractivity contribution in [3.63, 3.8) is 0 Å². The Morgan fingerprint density at radius 1 is 1.00 bits per heavy atom. The summed E-state index contributed by atoms with van der Waals surface area (Å²) in [6.07, 6.45) is 21.3. The van der Waals surface area contributed by atoms with Crippen LogP contribution in [0, 0.1) is 5.92 Å². The molecule has 0 N–H and O–H groups in total. The van der Waals surface area contributed by atoms with Crippen LogP contribution in [-0.2, 0) is 0 Å². The Bertz CT molecular complexity index is 466. The van der Waals surface area contributed by atoms with Gasteiger partial charge in [0, 0.05) is 0 Å². The molecule has 132 valence electrons. The van der Waals surface area contributed by atoms with E-state index in [2.05, 4.69) is 81.1 Å². The molecule has 0 amide bonds. The minimum atomic E-state index is 0.596. The molecule has 0 spiro atoms. The van der Waals surface area contributed by atoms with Crippen LogP contribution in [0.25, 0.3) is 0 Å². The Morgan fingerprint density at radius 2 is 1.75 bits per heavy atom. The van der Waals surface area contributed by atoms with Crippen LogP contribution in [0.2, 0.25) is 0 Å². The summed E-state index contributed by atoms with van der Waals surface area (Å²) >= 11 is 0. The van der Waals surface area contributed by atoms with E-state index >= 15 is 0 Å². The van der Waals surface area contributed by atoms with E-state index in [1.54, 1.807) is 0 Å². The number of hydrogen-bond acceptors (Lipinski definition) is 0. The third-order valence-corrected chi connectivity index (χ3v) is 4.69. The third kappa shape index (κ3) is 8.91. The lowest BCUT2D eigenvalue weighted by molar-refractivity contribution is 0.483. The van der Waals surface area contributed by atoms with E-state index in [0.717, 1.165) is 6.42 Å². The maximum absolute atomic E-state index is 4.09. The van der Waals surface area contributed by atoms with Gasteiger partial charge in [-0.25, -0.2) is 0 Å². The molecule has 0 nitrogen and oxygen atoms in total. The van der Waals surface area contributed by atoms with Crippen molar-refractivity contribution in [3.8, 4) is 0 Å². The molecule has 0 saturated heterocycles. The molecule has 0 aromatic heterocycles. The molecule has 0 heteroatoms. The van der Waals surface area contributed by atoms with Gasteiger partial charge in [-0.1, -0.05) is 80.5 Å². The van der Waals surface area contributed by atoms with Crippen LogP contribution in [0.3, 0.4) is 0 Å². The van der Waals surface area contributed by atoms with Crippen LogP contribution >= 0.6 is 0 Å². The van der Waals surface area contributed by atoms with Crippen molar-refractivity contribution in [1.82, 2.24) is 0 Å². The first kappa shape index (κ1) is 20.5. The van der Waals surface area contributed by atoms with E-state index < -0.39 is 0 Å². The summed E-state index contributed by atoms with van der Waals surface area (Å²) in [5.41, 5.74) is 1.46. The van der Waals surface area contributed by atoms with Gasteiger partial charge in [-0.05, 0) is 62.8 Å². The van der Waals surface area contributed by atoms with Gasteiger partial charge < -0.3 is 0 Å². The van der Waals surface area contributed by atoms with E-state index in [1.165, 1.54) is 50.5 Å². The molecule has 2 atom stereocenters. The lowest BCUT2D eigenvalue weighted by Gasteiger charge is -2.20. The summed E-state index contributed by atoms with van der Waals surface area (Å²) < 4.78 is 0. The maximum Gasteiger partial charge on any atom is -0.0122 e. The van der Waals surface area contributed by atoms with Crippen LogP contribution in [0.4, 0.5) is 0 Å². The smallest absolute Gasteiger partial charge is 0.0122 e. The van der Waals surface area contributed by atoms with Crippen LogP contribution in [0.1, 0.15) is 76.7 Å². The van der Waals surface area contributed by atoms with Gasteiger partial charge in [0.15, 0.2) is 0 Å². The Kier molecular flexibility index (Phi) is 11.8. The number of rotatable bonds is 13. The van der Waals surface area contributed by atoms with E-state index in [9.17, 15) is 0 Å². The second-order valence-electron chi connectivity index (χ2n) is 6.69. The molecule has 0 heterocycles. The highest BCUT2D eigenvalue weighted by Gasteiger charge is 2.14. The molecule has 1 rings (SSSR count). The normalized spacial score (nSPS) is 14.2. The van der Waals surface area contributed by atoms with E-state index in [0.29, 0.717) is 11.8 Å². The van der Waals surface area contributed by atoms with Crippen molar-refractivity contribution in [2.45, 2.75) is 71.1 Å². The Morgan fingerprint density at radius 3 is 2.42 bits per heavy atom. The van der Waals surface area contributed by atoms with Crippen LogP contribution in [0.15, 0.2) is 67.3 Å². The Labute approximate surface area is 150 Å². The van der Waals surface area contributed by atoms with Crippen LogP contribution in [-0.4, -0.2) is 0 Å². The first-order valence-corrected chi connectivity index (χ1v) is 9.75. The summed E-state index contributed by atoms with van der Waals surface area (Å²) in [5, 5.41) is 0. The summed E-state index contributed by atoms with van der Waals surface area (Å²) in [7, 11) is 0. The van der Waals surface area contributed by atoms with Crippen molar-refractivity contribution in [2.24, 2.45) is 5.92 Å². The molecule has 0 radical (unpaired) electrons. The molecule has 0 aliphatic carbocycles.